The van der Waals surface area contributed by atoms with Gasteiger partial charge in [0.15, 0.2) is 12.2 Å². The molecule has 6 atom stereocenters. The molecule has 0 heterocycles. The predicted molar refractivity (Wildman–Crippen MR) is 95.3 cm³/mol. The third-order valence-corrected chi connectivity index (χ3v) is 4.55. The molecule has 8 nitrogen and oxygen atoms in total. The average molecular weight is 388 g/mol. The zero-order valence-electron chi connectivity index (χ0n) is 14.7. The van der Waals surface area contributed by atoms with E-state index in [1.54, 1.807) is 36.4 Å². The van der Waals surface area contributed by atoms with E-state index in [2.05, 4.69) is 0 Å². The lowest BCUT2D eigenvalue weighted by Crippen LogP contribution is -2.65. The fraction of sp³-hybridized carbons (Fsp3) is 0.300. The van der Waals surface area contributed by atoms with E-state index in [9.17, 15) is 30.0 Å². The Balaban J connectivity index is 1.77. The van der Waals surface area contributed by atoms with Gasteiger partial charge in [-0.15, -0.1) is 0 Å². The zero-order valence-corrected chi connectivity index (χ0v) is 14.7. The minimum Gasteiger partial charge on any atom is -0.453 e. The van der Waals surface area contributed by atoms with Crippen LogP contribution in [-0.2, 0) is 9.47 Å². The van der Waals surface area contributed by atoms with E-state index >= 15 is 0 Å². The molecule has 4 N–H and O–H groups in total. The first-order valence-corrected chi connectivity index (χ1v) is 8.64. The van der Waals surface area contributed by atoms with Crippen molar-refractivity contribution in [2.45, 2.75) is 36.6 Å². The number of hydrogen-bond acceptors (Lipinski definition) is 8. The number of esters is 2. The zero-order chi connectivity index (χ0) is 20.3. The van der Waals surface area contributed by atoms with E-state index in [1.807, 2.05) is 0 Å². The van der Waals surface area contributed by atoms with E-state index in [0.717, 1.165) is 0 Å². The highest BCUT2D eigenvalue weighted by Crippen LogP contribution is 2.27. The van der Waals surface area contributed by atoms with Crippen molar-refractivity contribution in [3.8, 4) is 0 Å². The summed E-state index contributed by atoms with van der Waals surface area (Å²) in [5.74, 6) is -1.69. The molecule has 0 bridgehead atoms. The lowest BCUT2D eigenvalue weighted by molar-refractivity contribution is -0.223. The number of ether oxygens (including phenoxy) is 2. The van der Waals surface area contributed by atoms with Gasteiger partial charge in [-0.25, -0.2) is 9.59 Å². The topological polar surface area (TPSA) is 134 Å². The summed E-state index contributed by atoms with van der Waals surface area (Å²) in [6, 6.07) is 15.7. The van der Waals surface area contributed by atoms with Crippen LogP contribution in [0, 0.1) is 0 Å². The smallest absolute Gasteiger partial charge is 0.338 e. The van der Waals surface area contributed by atoms with E-state index in [-0.39, 0.29) is 11.1 Å². The number of aliphatic hydroxyl groups is 4. The first-order chi connectivity index (χ1) is 13.4. The van der Waals surface area contributed by atoms with Gasteiger partial charge in [0.25, 0.3) is 0 Å². The Morgan fingerprint density at radius 1 is 0.571 bits per heavy atom. The fourth-order valence-electron chi connectivity index (χ4n) is 2.99. The molecule has 2 aromatic rings. The molecule has 0 spiro atoms. The molecule has 0 amide bonds. The minimum absolute atomic E-state index is 0.167. The van der Waals surface area contributed by atoms with Crippen LogP contribution in [0.3, 0.4) is 0 Å². The number of carbonyl (C=O) groups is 2. The van der Waals surface area contributed by atoms with Crippen molar-refractivity contribution in [3.05, 3.63) is 71.8 Å². The van der Waals surface area contributed by atoms with Crippen molar-refractivity contribution in [2.75, 3.05) is 0 Å². The molecule has 28 heavy (non-hydrogen) atoms. The summed E-state index contributed by atoms with van der Waals surface area (Å²) in [6.45, 7) is 0. The van der Waals surface area contributed by atoms with E-state index in [1.165, 1.54) is 24.3 Å². The molecule has 1 aliphatic rings. The molecule has 2 unspecified atom stereocenters. The summed E-state index contributed by atoms with van der Waals surface area (Å²) in [5, 5.41) is 40.9. The van der Waals surface area contributed by atoms with Gasteiger partial charge in [0.2, 0.25) is 0 Å². The number of benzene rings is 2. The van der Waals surface area contributed by atoms with Gasteiger partial charge in [-0.05, 0) is 24.3 Å². The summed E-state index contributed by atoms with van der Waals surface area (Å²) < 4.78 is 10.3. The van der Waals surface area contributed by atoms with E-state index < -0.39 is 48.6 Å². The second kappa shape index (κ2) is 8.49. The van der Waals surface area contributed by atoms with Crippen LogP contribution < -0.4 is 0 Å². The molecule has 1 aliphatic carbocycles. The van der Waals surface area contributed by atoms with Gasteiger partial charge in [0.1, 0.15) is 24.4 Å². The Bertz CT molecular complexity index is 742. The molecule has 148 valence electrons. The van der Waals surface area contributed by atoms with Gasteiger partial charge in [0.05, 0.1) is 11.1 Å². The van der Waals surface area contributed by atoms with E-state index in [0.29, 0.717) is 0 Å². The molecule has 2 aromatic carbocycles. The van der Waals surface area contributed by atoms with Crippen molar-refractivity contribution < 1.29 is 39.5 Å². The molecule has 3 rings (SSSR count). The molecular formula is C20H20O8. The van der Waals surface area contributed by atoms with Gasteiger partial charge in [0, 0.05) is 0 Å². The van der Waals surface area contributed by atoms with Gasteiger partial charge in [-0.1, -0.05) is 36.4 Å². The number of aliphatic hydroxyl groups excluding tert-OH is 4. The molecule has 8 heteroatoms. The summed E-state index contributed by atoms with van der Waals surface area (Å²) in [4.78, 5) is 24.5. The Kier molecular flexibility index (Phi) is 6.05. The normalized spacial score (nSPS) is 29.7. The molecule has 0 aromatic heterocycles. The maximum Gasteiger partial charge on any atom is 0.338 e. The third-order valence-electron chi connectivity index (χ3n) is 4.55. The SMILES string of the molecule is O=C(O[C@@H]1C(O)[C@H](OC(=O)c2ccccc2)[C@@H](O)C(O)[C@@H]1O)c1ccccc1. The van der Waals surface area contributed by atoms with Crippen LogP contribution in [0.15, 0.2) is 60.7 Å². The maximum atomic E-state index is 12.2. The van der Waals surface area contributed by atoms with E-state index in [4.69, 9.17) is 9.47 Å². The minimum atomic E-state index is -1.80. The summed E-state index contributed by atoms with van der Waals surface area (Å²) in [7, 11) is 0. The summed E-state index contributed by atoms with van der Waals surface area (Å²) >= 11 is 0. The van der Waals surface area contributed by atoms with Gasteiger partial charge < -0.3 is 29.9 Å². The van der Waals surface area contributed by atoms with Gasteiger partial charge >= 0.3 is 11.9 Å². The molecule has 1 fully saturated rings. The molecule has 0 aliphatic heterocycles. The quantitative estimate of drug-likeness (QED) is 0.534. The van der Waals surface area contributed by atoms with Crippen LogP contribution in [-0.4, -0.2) is 69.0 Å². The van der Waals surface area contributed by atoms with Crippen molar-refractivity contribution >= 4 is 11.9 Å². The number of rotatable bonds is 4. The average Bonchev–Trinajstić information content (AvgIpc) is 2.73. The third kappa shape index (κ3) is 4.05. The Morgan fingerprint density at radius 2 is 0.929 bits per heavy atom. The largest absolute Gasteiger partial charge is 0.453 e. The van der Waals surface area contributed by atoms with Gasteiger partial charge in [-0.3, -0.25) is 0 Å². The predicted octanol–water partition coefficient (Wildman–Crippen LogP) is -0.105. The lowest BCUT2D eigenvalue weighted by Gasteiger charge is -2.42. The second-order valence-corrected chi connectivity index (χ2v) is 6.43. The number of carbonyl (C=O) groups excluding carboxylic acids is 2. The van der Waals surface area contributed by atoms with Crippen LogP contribution in [0.5, 0.6) is 0 Å². The van der Waals surface area contributed by atoms with Crippen LogP contribution in [0.4, 0.5) is 0 Å². The van der Waals surface area contributed by atoms with Crippen molar-refractivity contribution in [1.29, 1.82) is 0 Å². The highest BCUT2D eigenvalue weighted by Gasteiger charge is 2.52. The van der Waals surface area contributed by atoms with Crippen LogP contribution in [0.25, 0.3) is 0 Å². The lowest BCUT2D eigenvalue weighted by atomic mass is 9.84. The molecule has 0 radical (unpaired) electrons. The molecule has 0 saturated heterocycles. The fourth-order valence-corrected chi connectivity index (χ4v) is 2.99. The Hall–Kier alpha value is -2.78. The van der Waals surface area contributed by atoms with Crippen molar-refractivity contribution in [2.24, 2.45) is 0 Å². The summed E-state index contributed by atoms with van der Waals surface area (Å²) in [5.41, 5.74) is 0.334. The number of hydrogen-bond donors (Lipinski definition) is 4. The molecular weight excluding hydrogens is 368 g/mol. The summed E-state index contributed by atoms with van der Waals surface area (Å²) in [6.07, 6.45) is -10.3. The van der Waals surface area contributed by atoms with Crippen LogP contribution >= 0.6 is 0 Å². The first-order valence-electron chi connectivity index (χ1n) is 8.64. The molecule has 1 saturated carbocycles. The highest BCUT2D eigenvalue weighted by molar-refractivity contribution is 5.90. The maximum absolute atomic E-state index is 12.2. The second-order valence-electron chi connectivity index (χ2n) is 6.43. The standard InChI is InChI=1S/C20H20O8/c21-13-14(22)17(27-19(25)11-7-3-1-4-8-11)16(24)18(15(13)23)28-20(26)12-9-5-2-6-10-12/h1-10,13-18,21-24H/t13?,14-,15-,16?,17-,18+/m0/s1. The van der Waals surface area contributed by atoms with Crippen LogP contribution in [0.2, 0.25) is 0 Å². The highest BCUT2D eigenvalue weighted by atomic mass is 16.6. The van der Waals surface area contributed by atoms with Gasteiger partial charge in [-0.2, -0.15) is 0 Å². The van der Waals surface area contributed by atoms with Crippen molar-refractivity contribution in [1.82, 2.24) is 0 Å². The monoisotopic (exact) mass is 388 g/mol. The Labute approximate surface area is 160 Å². The first kappa shape index (κ1) is 20.0. The Morgan fingerprint density at radius 3 is 1.29 bits per heavy atom. The van der Waals surface area contributed by atoms with Crippen molar-refractivity contribution in [3.63, 3.8) is 0 Å². The van der Waals surface area contributed by atoms with Crippen LogP contribution in [0.1, 0.15) is 20.7 Å².